The van der Waals surface area contributed by atoms with E-state index in [-0.39, 0.29) is 12.1 Å². The summed E-state index contributed by atoms with van der Waals surface area (Å²) in [5.74, 6) is 1.31. The predicted molar refractivity (Wildman–Crippen MR) is 77.1 cm³/mol. The minimum absolute atomic E-state index is 0.313. The molecule has 110 valence electrons. The number of imide groups is 1. The third-order valence-corrected chi connectivity index (χ3v) is 3.54. The van der Waals surface area contributed by atoms with Crippen LogP contribution in [0.1, 0.15) is 33.1 Å². The Balaban J connectivity index is 2.12. The Morgan fingerprint density at radius 1 is 1.50 bits per heavy atom. The number of hydrogen-bond donors (Lipinski definition) is 1. The van der Waals surface area contributed by atoms with Crippen LogP contribution in [0.3, 0.4) is 0 Å². The molecule has 0 radical (unpaired) electrons. The van der Waals surface area contributed by atoms with E-state index in [1.54, 1.807) is 7.05 Å². The van der Waals surface area contributed by atoms with Gasteiger partial charge in [-0.2, -0.15) is 0 Å². The molecular formula is C13H21N5O2. The van der Waals surface area contributed by atoms with Crippen molar-refractivity contribution in [2.75, 3.05) is 20.1 Å². The van der Waals surface area contributed by atoms with Crippen molar-refractivity contribution in [2.45, 2.75) is 39.2 Å². The van der Waals surface area contributed by atoms with E-state index in [2.05, 4.69) is 22.2 Å². The van der Waals surface area contributed by atoms with Gasteiger partial charge < -0.3 is 4.90 Å². The van der Waals surface area contributed by atoms with Crippen LogP contribution in [-0.2, 0) is 0 Å². The van der Waals surface area contributed by atoms with Crippen LogP contribution in [0.15, 0.2) is 9.98 Å². The van der Waals surface area contributed by atoms with E-state index < -0.39 is 6.03 Å². The number of urea groups is 2. The number of nitrogens with one attached hydrogen (secondary N) is 1. The SMILES string of the molecule is CCCCC1=NCC2C(=N1)NC(=O)N2C(=O)N(C)CC. The number of unbranched alkanes of at least 4 members (excludes halogenated alkanes) is 1. The summed E-state index contributed by atoms with van der Waals surface area (Å²) >= 11 is 0. The van der Waals surface area contributed by atoms with Gasteiger partial charge in [0.1, 0.15) is 17.7 Å². The molecule has 2 heterocycles. The first kappa shape index (κ1) is 14.5. The van der Waals surface area contributed by atoms with Crippen LogP contribution in [0.2, 0.25) is 0 Å². The standard InChI is InChI=1S/C13H21N5O2/c1-4-6-7-10-14-8-9-11(15-10)16-12(19)18(9)13(20)17(3)5-2/h9H,4-8H2,1-3H3,(H,14,15,16,19). The maximum atomic E-state index is 12.2. The number of carbonyl (C=O) groups is 2. The van der Waals surface area contributed by atoms with Gasteiger partial charge in [0.05, 0.1) is 6.54 Å². The van der Waals surface area contributed by atoms with Gasteiger partial charge in [-0.1, -0.05) is 13.3 Å². The van der Waals surface area contributed by atoms with Gasteiger partial charge in [0.15, 0.2) is 0 Å². The molecule has 1 unspecified atom stereocenters. The molecule has 1 saturated heterocycles. The fourth-order valence-corrected chi connectivity index (χ4v) is 2.16. The molecular weight excluding hydrogens is 258 g/mol. The van der Waals surface area contributed by atoms with Crippen molar-refractivity contribution < 1.29 is 9.59 Å². The number of amidine groups is 2. The number of fused-ring (bicyclic) bond motifs is 1. The molecule has 0 aromatic rings. The van der Waals surface area contributed by atoms with Crippen molar-refractivity contribution in [3.63, 3.8) is 0 Å². The Labute approximate surface area is 118 Å². The molecule has 7 nitrogen and oxygen atoms in total. The van der Waals surface area contributed by atoms with E-state index in [0.29, 0.717) is 18.9 Å². The zero-order valence-electron chi connectivity index (χ0n) is 12.2. The number of rotatable bonds is 4. The van der Waals surface area contributed by atoms with Crippen LogP contribution < -0.4 is 5.32 Å². The Hall–Kier alpha value is -1.92. The minimum atomic E-state index is -0.411. The Bertz CT molecular complexity index is 471. The maximum absolute atomic E-state index is 12.2. The van der Waals surface area contributed by atoms with Crippen molar-refractivity contribution in [2.24, 2.45) is 9.98 Å². The van der Waals surface area contributed by atoms with Crippen molar-refractivity contribution >= 4 is 23.7 Å². The maximum Gasteiger partial charge on any atom is 0.331 e. The molecule has 0 aromatic carbocycles. The number of carbonyl (C=O) groups excluding carboxylic acids is 2. The van der Waals surface area contributed by atoms with Crippen LogP contribution in [-0.4, -0.2) is 59.7 Å². The van der Waals surface area contributed by atoms with Gasteiger partial charge in [0.2, 0.25) is 0 Å². The molecule has 1 fully saturated rings. The smallest absolute Gasteiger partial charge is 0.328 e. The van der Waals surface area contributed by atoms with Gasteiger partial charge in [0.25, 0.3) is 0 Å². The second-order valence-corrected chi connectivity index (χ2v) is 4.97. The topological polar surface area (TPSA) is 77.4 Å². The van der Waals surface area contributed by atoms with Gasteiger partial charge in [-0.05, 0) is 13.3 Å². The van der Waals surface area contributed by atoms with Gasteiger partial charge in [0, 0.05) is 20.0 Å². The van der Waals surface area contributed by atoms with Crippen molar-refractivity contribution in [1.29, 1.82) is 0 Å². The fourth-order valence-electron chi connectivity index (χ4n) is 2.16. The summed E-state index contributed by atoms with van der Waals surface area (Å²) in [6.07, 6.45) is 2.91. The van der Waals surface area contributed by atoms with E-state index >= 15 is 0 Å². The molecule has 1 atom stereocenters. The summed E-state index contributed by atoms with van der Waals surface area (Å²) in [5, 5.41) is 2.68. The summed E-state index contributed by atoms with van der Waals surface area (Å²) in [7, 11) is 1.67. The summed E-state index contributed by atoms with van der Waals surface area (Å²) in [6, 6.07) is -1.10. The van der Waals surface area contributed by atoms with Gasteiger partial charge in [-0.25, -0.2) is 19.5 Å². The van der Waals surface area contributed by atoms with Gasteiger partial charge in [-0.3, -0.25) is 10.3 Å². The van der Waals surface area contributed by atoms with Crippen molar-refractivity contribution in [3.8, 4) is 0 Å². The van der Waals surface area contributed by atoms with Gasteiger partial charge >= 0.3 is 12.1 Å². The van der Waals surface area contributed by atoms with Crippen molar-refractivity contribution in [1.82, 2.24) is 15.1 Å². The molecule has 4 amide bonds. The summed E-state index contributed by atoms with van der Waals surface area (Å²) in [4.78, 5) is 35.6. The Kier molecular flexibility index (Phi) is 4.36. The van der Waals surface area contributed by atoms with Crippen LogP contribution in [0.4, 0.5) is 9.59 Å². The summed E-state index contributed by atoms with van der Waals surface area (Å²) in [6.45, 7) is 4.92. The first-order chi connectivity index (χ1) is 9.58. The second-order valence-electron chi connectivity index (χ2n) is 4.97. The molecule has 0 spiro atoms. The van der Waals surface area contributed by atoms with E-state index in [9.17, 15) is 9.59 Å². The molecule has 0 aromatic heterocycles. The highest BCUT2D eigenvalue weighted by molar-refractivity contribution is 6.17. The third-order valence-electron chi connectivity index (χ3n) is 3.54. The molecule has 2 aliphatic rings. The molecule has 2 aliphatic heterocycles. The van der Waals surface area contributed by atoms with Crippen LogP contribution in [0, 0.1) is 0 Å². The zero-order valence-corrected chi connectivity index (χ0v) is 12.2. The molecule has 2 rings (SSSR count). The number of hydrogen-bond acceptors (Lipinski definition) is 4. The lowest BCUT2D eigenvalue weighted by molar-refractivity contribution is 0.165. The lowest BCUT2D eigenvalue weighted by Crippen LogP contribution is -2.48. The van der Waals surface area contributed by atoms with E-state index in [1.807, 2.05) is 6.92 Å². The van der Waals surface area contributed by atoms with Crippen LogP contribution in [0.5, 0.6) is 0 Å². The third kappa shape index (κ3) is 2.66. The highest BCUT2D eigenvalue weighted by Gasteiger charge is 2.43. The molecule has 0 aliphatic carbocycles. The molecule has 0 bridgehead atoms. The predicted octanol–water partition coefficient (Wildman–Crippen LogP) is 1.45. The number of aliphatic imine (C=N–C) groups is 2. The molecule has 7 heteroatoms. The van der Waals surface area contributed by atoms with E-state index in [4.69, 9.17) is 0 Å². The Morgan fingerprint density at radius 2 is 2.25 bits per heavy atom. The molecule has 1 N–H and O–H groups in total. The average Bonchev–Trinajstić information content (AvgIpc) is 2.78. The average molecular weight is 279 g/mol. The number of nitrogens with zero attached hydrogens (tertiary/aromatic N) is 4. The van der Waals surface area contributed by atoms with Crippen molar-refractivity contribution in [3.05, 3.63) is 0 Å². The minimum Gasteiger partial charge on any atom is -0.328 e. The number of amides is 4. The Morgan fingerprint density at radius 3 is 2.90 bits per heavy atom. The fraction of sp³-hybridized carbons (Fsp3) is 0.692. The summed E-state index contributed by atoms with van der Waals surface area (Å²) < 4.78 is 0. The lowest BCUT2D eigenvalue weighted by Gasteiger charge is -2.26. The van der Waals surface area contributed by atoms with E-state index in [0.717, 1.165) is 25.1 Å². The quantitative estimate of drug-likeness (QED) is 0.845. The first-order valence-corrected chi connectivity index (χ1v) is 7.05. The first-order valence-electron chi connectivity index (χ1n) is 7.05. The zero-order chi connectivity index (χ0) is 14.7. The normalized spacial score (nSPS) is 21.1. The van der Waals surface area contributed by atoms with E-state index in [1.165, 1.54) is 9.80 Å². The summed E-state index contributed by atoms with van der Waals surface area (Å²) in [5.41, 5.74) is 0. The van der Waals surface area contributed by atoms with Gasteiger partial charge in [-0.15, -0.1) is 0 Å². The highest BCUT2D eigenvalue weighted by atomic mass is 16.2. The molecule has 0 saturated carbocycles. The lowest BCUT2D eigenvalue weighted by atomic mass is 10.2. The molecule has 20 heavy (non-hydrogen) atoms. The monoisotopic (exact) mass is 279 g/mol. The second kappa shape index (κ2) is 6.02. The van der Waals surface area contributed by atoms with Crippen LogP contribution >= 0.6 is 0 Å². The largest absolute Gasteiger partial charge is 0.331 e. The highest BCUT2D eigenvalue weighted by Crippen LogP contribution is 2.17. The van der Waals surface area contributed by atoms with Crippen LogP contribution in [0.25, 0.3) is 0 Å².